The minimum absolute atomic E-state index is 0.0638. The SMILES string of the molecule is CCCNC(=O)CN(C)c1ccc(Cl)cc1C=O. The van der Waals surface area contributed by atoms with Gasteiger partial charge in [0.25, 0.3) is 0 Å². The van der Waals surface area contributed by atoms with Gasteiger partial charge in [0.15, 0.2) is 6.29 Å². The molecule has 0 atom stereocenters. The van der Waals surface area contributed by atoms with Crippen LogP contribution in [0.15, 0.2) is 18.2 Å². The molecule has 0 radical (unpaired) electrons. The van der Waals surface area contributed by atoms with E-state index in [9.17, 15) is 9.59 Å². The van der Waals surface area contributed by atoms with Crippen LogP contribution in [0.5, 0.6) is 0 Å². The fourth-order valence-corrected chi connectivity index (χ4v) is 1.77. The number of carbonyl (C=O) groups is 2. The second-order valence-electron chi connectivity index (χ2n) is 4.03. The van der Waals surface area contributed by atoms with Crippen LogP contribution in [0.1, 0.15) is 23.7 Å². The fourth-order valence-electron chi connectivity index (χ4n) is 1.59. The average molecular weight is 269 g/mol. The molecule has 98 valence electrons. The number of nitrogens with one attached hydrogen (secondary N) is 1. The largest absolute Gasteiger partial charge is 0.365 e. The number of hydrogen-bond donors (Lipinski definition) is 1. The van der Waals surface area contributed by atoms with E-state index in [-0.39, 0.29) is 12.5 Å². The molecule has 0 fully saturated rings. The summed E-state index contributed by atoms with van der Waals surface area (Å²) in [7, 11) is 1.77. The molecule has 0 aliphatic rings. The molecule has 0 bridgehead atoms. The summed E-state index contributed by atoms with van der Waals surface area (Å²) in [5.41, 5.74) is 1.18. The Bertz CT molecular complexity index is 435. The summed E-state index contributed by atoms with van der Waals surface area (Å²) in [4.78, 5) is 24.3. The van der Waals surface area contributed by atoms with Crippen LogP contribution in [-0.2, 0) is 4.79 Å². The molecule has 1 rings (SSSR count). The molecule has 0 aliphatic carbocycles. The van der Waals surface area contributed by atoms with Gasteiger partial charge in [-0.3, -0.25) is 9.59 Å². The van der Waals surface area contributed by atoms with Crippen LogP contribution in [0.25, 0.3) is 0 Å². The Hall–Kier alpha value is -1.55. The minimum atomic E-state index is -0.0638. The highest BCUT2D eigenvalue weighted by molar-refractivity contribution is 6.31. The van der Waals surface area contributed by atoms with E-state index in [1.165, 1.54) is 0 Å². The number of anilines is 1. The summed E-state index contributed by atoms with van der Waals surface area (Å²) < 4.78 is 0. The van der Waals surface area contributed by atoms with Gasteiger partial charge in [0.05, 0.1) is 6.54 Å². The van der Waals surface area contributed by atoms with Crippen molar-refractivity contribution in [2.75, 3.05) is 25.0 Å². The maximum Gasteiger partial charge on any atom is 0.239 e. The van der Waals surface area contributed by atoms with Crippen molar-refractivity contribution in [3.63, 3.8) is 0 Å². The molecular formula is C13H17ClN2O2. The van der Waals surface area contributed by atoms with E-state index in [1.54, 1.807) is 30.1 Å². The van der Waals surface area contributed by atoms with E-state index in [1.807, 2.05) is 6.92 Å². The predicted octanol–water partition coefficient (Wildman–Crippen LogP) is 2.11. The second-order valence-corrected chi connectivity index (χ2v) is 4.46. The number of aldehydes is 1. The van der Waals surface area contributed by atoms with E-state index in [0.29, 0.717) is 22.8 Å². The molecule has 1 aromatic carbocycles. The van der Waals surface area contributed by atoms with Crippen molar-refractivity contribution in [2.24, 2.45) is 0 Å². The van der Waals surface area contributed by atoms with Gasteiger partial charge in [-0.2, -0.15) is 0 Å². The van der Waals surface area contributed by atoms with Gasteiger partial charge in [0.1, 0.15) is 0 Å². The summed E-state index contributed by atoms with van der Waals surface area (Å²) in [6.07, 6.45) is 1.64. The Balaban J connectivity index is 2.74. The van der Waals surface area contributed by atoms with Crippen molar-refractivity contribution in [1.82, 2.24) is 5.32 Å². The quantitative estimate of drug-likeness (QED) is 0.804. The number of halogens is 1. The molecule has 1 aromatic rings. The third kappa shape index (κ3) is 4.04. The molecule has 0 saturated carbocycles. The zero-order valence-electron chi connectivity index (χ0n) is 10.6. The Morgan fingerprint density at radius 2 is 2.22 bits per heavy atom. The number of nitrogens with zero attached hydrogens (tertiary/aromatic N) is 1. The van der Waals surface area contributed by atoms with Crippen LogP contribution in [0.4, 0.5) is 5.69 Å². The van der Waals surface area contributed by atoms with Crippen molar-refractivity contribution < 1.29 is 9.59 Å². The standard InChI is InChI=1S/C13H17ClN2O2/c1-3-6-15-13(18)8-16(2)12-5-4-11(14)7-10(12)9-17/h4-5,7,9H,3,6,8H2,1-2H3,(H,15,18). The second kappa shape index (κ2) is 7.01. The van der Waals surface area contributed by atoms with E-state index in [0.717, 1.165) is 12.7 Å². The van der Waals surface area contributed by atoms with Gasteiger partial charge in [-0.1, -0.05) is 18.5 Å². The molecule has 18 heavy (non-hydrogen) atoms. The Labute approximate surface area is 112 Å². The molecule has 0 saturated heterocycles. The summed E-state index contributed by atoms with van der Waals surface area (Å²) in [6.45, 7) is 2.87. The van der Waals surface area contributed by atoms with Crippen molar-refractivity contribution in [3.05, 3.63) is 28.8 Å². The Kier molecular flexibility index (Phi) is 5.65. The first kappa shape index (κ1) is 14.5. The van der Waals surface area contributed by atoms with Crippen molar-refractivity contribution in [1.29, 1.82) is 0 Å². The molecule has 4 nitrogen and oxygen atoms in total. The Morgan fingerprint density at radius 1 is 1.50 bits per heavy atom. The molecule has 0 unspecified atom stereocenters. The zero-order chi connectivity index (χ0) is 13.5. The number of rotatable bonds is 6. The van der Waals surface area contributed by atoms with Gasteiger partial charge in [-0.25, -0.2) is 0 Å². The molecule has 0 spiro atoms. The third-order valence-corrected chi connectivity index (χ3v) is 2.72. The van der Waals surface area contributed by atoms with Gasteiger partial charge < -0.3 is 10.2 Å². The van der Waals surface area contributed by atoms with E-state index >= 15 is 0 Å². The first-order valence-corrected chi connectivity index (χ1v) is 6.18. The van der Waals surface area contributed by atoms with Gasteiger partial charge in [-0.15, -0.1) is 0 Å². The molecule has 1 amide bonds. The highest BCUT2D eigenvalue weighted by Gasteiger charge is 2.11. The molecule has 5 heteroatoms. The van der Waals surface area contributed by atoms with Crippen molar-refractivity contribution in [2.45, 2.75) is 13.3 Å². The van der Waals surface area contributed by atoms with Crippen LogP contribution < -0.4 is 10.2 Å². The fraction of sp³-hybridized carbons (Fsp3) is 0.385. The summed E-state index contributed by atoms with van der Waals surface area (Å²) in [5.74, 6) is -0.0638. The number of hydrogen-bond acceptors (Lipinski definition) is 3. The lowest BCUT2D eigenvalue weighted by Crippen LogP contribution is -2.35. The third-order valence-electron chi connectivity index (χ3n) is 2.48. The summed E-state index contributed by atoms with van der Waals surface area (Å²) >= 11 is 5.82. The van der Waals surface area contributed by atoms with Gasteiger partial charge >= 0.3 is 0 Å². The molecule has 0 aliphatic heterocycles. The van der Waals surface area contributed by atoms with Crippen LogP contribution in [0, 0.1) is 0 Å². The lowest BCUT2D eigenvalue weighted by molar-refractivity contribution is -0.119. The molecule has 0 aromatic heterocycles. The summed E-state index contributed by atoms with van der Waals surface area (Å²) in [6, 6.07) is 5.02. The first-order valence-electron chi connectivity index (χ1n) is 5.81. The molecular weight excluding hydrogens is 252 g/mol. The average Bonchev–Trinajstić information content (AvgIpc) is 2.35. The minimum Gasteiger partial charge on any atom is -0.365 e. The van der Waals surface area contributed by atoms with Gasteiger partial charge in [-0.05, 0) is 24.6 Å². The highest BCUT2D eigenvalue weighted by Crippen LogP contribution is 2.21. The van der Waals surface area contributed by atoms with Gasteiger partial charge in [0.2, 0.25) is 5.91 Å². The van der Waals surface area contributed by atoms with Crippen molar-refractivity contribution >= 4 is 29.5 Å². The predicted molar refractivity (Wildman–Crippen MR) is 73.4 cm³/mol. The monoisotopic (exact) mass is 268 g/mol. The number of benzene rings is 1. The maximum absolute atomic E-state index is 11.6. The van der Waals surface area contributed by atoms with Crippen LogP contribution in [0.2, 0.25) is 5.02 Å². The molecule has 0 heterocycles. The first-order chi connectivity index (χ1) is 8.58. The van der Waals surface area contributed by atoms with Crippen LogP contribution in [0.3, 0.4) is 0 Å². The number of carbonyl (C=O) groups excluding carboxylic acids is 2. The van der Waals surface area contributed by atoms with E-state index in [2.05, 4.69) is 5.32 Å². The van der Waals surface area contributed by atoms with Gasteiger partial charge in [0, 0.05) is 29.9 Å². The maximum atomic E-state index is 11.6. The lowest BCUT2D eigenvalue weighted by atomic mass is 10.2. The van der Waals surface area contributed by atoms with Crippen LogP contribution >= 0.6 is 11.6 Å². The zero-order valence-corrected chi connectivity index (χ0v) is 11.3. The lowest BCUT2D eigenvalue weighted by Gasteiger charge is -2.20. The van der Waals surface area contributed by atoms with Crippen molar-refractivity contribution in [3.8, 4) is 0 Å². The van der Waals surface area contributed by atoms with Crippen LogP contribution in [-0.4, -0.2) is 32.3 Å². The van der Waals surface area contributed by atoms with E-state index < -0.39 is 0 Å². The number of likely N-dealkylation sites (N-methyl/N-ethyl adjacent to an activating group) is 1. The highest BCUT2D eigenvalue weighted by atomic mass is 35.5. The Morgan fingerprint density at radius 3 is 2.83 bits per heavy atom. The summed E-state index contributed by atoms with van der Waals surface area (Å²) in [5, 5.41) is 3.29. The van der Waals surface area contributed by atoms with E-state index in [4.69, 9.17) is 11.6 Å². The number of amides is 1. The molecule has 1 N–H and O–H groups in total. The topological polar surface area (TPSA) is 49.4 Å². The smallest absolute Gasteiger partial charge is 0.239 e. The normalized spacial score (nSPS) is 9.94.